The van der Waals surface area contributed by atoms with Crippen molar-refractivity contribution in [2.45, 2.75) is 6.92 Å². The number of carbonyl (C=O) groups is 1. The molecule has 0 fully saturated rings. The normalized spacial score (nSPS) is 10.6. The van der Waals surface area contributed by atoms with E-state index in [1.165, 1.54) is 0 Å². The third kappa shape index (κ3) is 3.16. The van der Waals surface area contributed by atoms with Crippen LogP contribution in [0.15, 0.2) is 59.1 Å². The molecule has 1 amide bonds. The quantitative estimate of drug-likeness (QED) is 0.695. The van der Waals surface area contributed by atoms with E-state index in [4.69, 9.17) is 11.6 Å². The Kier molecular flexibility index (Phi) is 4.50. The van der Waals surface area contributed by atoms with E-state index in [-0.39, 0.29) is 5.91 Å². The molecule has 4 nitrogen and oxygen atoms in total. The zero-order valence-electron chi connectivity index (χ0n) is 12.3. The number of nitrogens with one attached hydrogen (secondary N) is 1. The van der Waals surface area contributed by atoms with Crippen molar-refractivity contribution < 1.29 is 4.79 Å². The van der Waals surface area contributed by atoms with Gasteiger partial charge in [0.2, 0.25) is 0 Å². The molecule has 0 atom stereocenters. The largest absolute Gasteiger partial charge is 0.321 e. The molecule has 3 rings (SSSR count). The van der Waals surface area contributed by atoms with Crippen molar-refractivity contribution >= 4 is 39.1 Å². The third-order valence-electron chi connectivity index (χ3n) is 3.35. The van der Waals surface area contributed by atoms with Crippen molar-refractivity contribution in [2.75, 3.05) is 5.32 Å². The van der Waals surface area contributed by atoms with Gasteiger partial charge in [-0.3, -0.25) is 4.79 Å². The Hall–Kier alpha value is -2.11. The minimum Gasteiger partial charge on any atom is -0.321 e. The zero-order valence-corrected chi connectivity index (χ0v) is 14.6. The number of carbonyl (C=O) groups excluding carboxylic acids is 1. The highest BCUT2D eigenvalue weighted by molar-refractivity contribution is 9.10. The van der Waals surface area contributed by atoms with Gasteiger partial charge in [-0.1, -0.05) is 41.9 Å². The van der Waals surface area contributed by atoms with Crippen LogP contribution in [0.4, 0.5) is 5.69 Å². The van der Waals surface area contributed by atoms with Gasteiger partial charge in [0, 0.05) is 4.47 Å². The molecule has 1 aromatic heterocycles. The number of rotatable bonds is 3. The second kappa shape index (κ2) is 6.56. The van der Waals surface area contributed by atoms with Crippen molar-refractivity contribution in [2.24, 2.45) is 0 Å². The number of aryl methyl sites for hydroxylation is 1. The van der Waals surface area contributed by atoms with E-state index in [0.29, 0.717) is 22.1 Å². The molecule has 6 heteroatoms. The first-order valence-electron chi connectivity index (χ1n) is 6.94. The SMILES string of the molecule is Cc1nn(-c2ccccc2)c(Cl)c1C(=O)Nc1ccccc1Br. The molecule has 0 aliphatic heterocycles. The second-order valence-electron chi connectivity index (χ2n) is 4.93. The summed E-state index contributed by atoms with van der Waals surface area (Å²) in [5, 5.41) is 7.52. The number of halogens is 2. The Morgan fingerprint density at radius 2 is 1.78 bits per heavy atom. The molecule has 2 aromatic carbocycles. The van der Waals surface area contributed by atoms with Crippen molar-refractivity contribution in [1.29, 1.82) is 0 Å². The molecule has 3 aromatic rings. The number of anilines is 1. The zero-order chi connectivity index (χ0) is 16.4. The van der Waals surface area contributed by atoms with Crippen LogP contribution < -0.4 is 5.32 Å². The molecule has 0 bridgehead atoms. The van der Waals surface area contributed by atoms with Gasteiger partial charge in [-0.25, -0.2) is 4.68 Å². The van der Waals surface area contributed by atoms with Crippen LogP contribution in [0, 0.1) is 6.92 Å². The van der Waals surface area contributed by atoms with Crippen LogP contribution in [0.3, 0.4) is 0 Å². The summed E-state index contributed by atoms with van der Waals surface area (Å²) in [6.07, 6.45) is 0. The molecule has 0 saturated heterocycles. The van der Waals surface area contributed by atoms with Gasteiger partial charge in [0.25, 0.3) is 5.91 Å². The third-order valence-corrected chi connectivity index (χ3v) is 4.39. The van der Waals surface area contributed by atoms with Gasteiger partial charge in [-0.2, -0.15) is 5.10 Å². The highest BCUT2D eigenvalue weighted by Crippen LogP contribution is 2.26. The summed E-state index contributed by atoms with van der Waals surface area (Å²) in [6, 6.07) is 16.9. The van der Waals surface area contributed by atoms with Crippen LogP contribution in [-0.4, -0.2) is 15.7 Å². The predicted molar refractivity (Wildman–Crippen MR) is 95.4 cm³/mol. The van der Waals surface area contributed by atoms with Crippen molar-refractivity contribution in [3.05, 3.63) is 75.5 Å². The van der Waals surface area contributed by atoms with Crippen LogP contribution in [-0.2, 0) is 0 Å². The molecule has 0 unspecified atom stereocenters. The Labute approximate surface area is 147 Å². The fourth-order valence-electron chi connectivity index (χ4n) is 2.24. The van der Waals surface area contributed by atoms with Crippen molar-refractivity contribution in [3.63, 3.8) is 0 Å². The first-order valence-corrected chi connectivity index (χ1v) is 8.11. The fourth-order valence-corrected chi connectivity index (χ4v) is 2.99. The molecule has 0 aliphatic rings. The van der Waals surface area contributed by atoms with E-state index in [1.54, 1.807) is 11.6 Å². The molecule has 0 aliphatic carbocycles. The number of benzene rings is 2. The van der Waals surface area contributed by atoms with Gasteiger partial charge < -0.3 is 5.32 Å². The molecular formula is C17H13BrClN3O. The van der Waals surface area contributed by atoms with E-state index >= 15 is 0 Å². The van der Waals surface area contributed by atoms with E-state index in [0.717, 1.165) is 10.2 Å². The maximum Gasteiger partial charge on any atom is 0.260 e. The molecule has 0 radical (unpaired) electrons. The average Bonchev–Trinajstić information content (AvgIpc) is 2.85. The van der Waals surface area contributed by atoms with Gasteiger partial charge in [-0.05, 0) is 47.1 Å². The van der Waals surface area contributed by atoms with E-state index in [2.05, 4.69) is 26.3 Å². The van der Waals surface area contributed by atoms with Gasteiger partial charge in [0.05, 0.1) is 17.1 Å². The highest BCUT2D eigenvalue weighted by Gasteiger charge is 2.21. The van der Waals surface area contributed by atoms with Crippen LogP contribution in [0.1, 0.15) is 16.1 Å². The number of amides is 1. The standard InChI is InChI=1S/C17H13BrClN3O/c1-11-15(17(23)20-14-10-6-5-9-13(14)18)16(19)22(21-11)12-7-3-2-4-8-12/h2-10H,1H3,(H,20,23). The van der Waals surface area contributed by atoms with Gasteiger partial charge in [-0.15, -0.1) is 0 Å². The molecular weight excluding hydrogens is 378 g/mol. The summed E-state index contributed by atoms with van der Waals surface area (Å²) in [5.41, 5.74) is 2.43. The van der Waals surface area contributed by atoms with Gasteiger partial charge >= 0.3 is 0 Å². The lowest BCUT2D eigenvalue weighted by Gasteiger charge is -2.07. The van der Waals surface area contributed by atoms with Crippen LogP contribution in [0.5, 0.6) is 0 Å². The monoisotopic (exact) mass is 389 g/mol. The lowest BCUT2D eigenvalue weighted by molar-refractivity contribution is 0.102. The number of nitrogens with zero attached hydrogens (tertiary/aromatic N) is 2. The topological polar surface area (TPSA) is 46.9 Å². The lowest BCUT2D eigenvalue weighted by Crippen LogP contribution is -2.13. The summed E-state index contributed by atoms with van der Waals surface area (Å²) < 4.78 is 2.36. The number of aromatic nitrogens is 2. The lowest BCUT2D eigenvalue weighted by atomic mass is 10.2. The summed E-state index contributed by atoms with van der Waals surface area (Å²) in [7, 11) is 0. The summed E-state index contributed by atoms with van der Waals surface area (Å²) in [6.45, 7) is 1.76. The summed E-state index contributed by atoms with van der Waals surface area (Å²) >= 11 is 9.80. The minimum atomic E-state index is -0.290. The Morgan fingerprint density at radius 1 is 1.13 bits per heavy atom. The molecule has 0 saturated carbocycles. The molecule has 1 heterocycles. The fraction of sp³-hybridized carbons (Fsp3) is 0.0588. The number of hydrogen-bond donors (Lipinski definition) is 1. The molecule has 0 spiro atoms. The molecule has 1 N–H and O–H groups in total. The van der Waals surface area contributed by atoms with Crippen LogP contribution in [0.25, 0.3) is 5.69 Å². The highest BCUT2D eigenvalue weighted by atomic mass is 79.9. The second-order valence-corrected chi connectivity index (χ2v) is 6.14. The predicted octanol–water partition coefficient (Wildman–Crippen LogP) is 4.85. The van der Waals surface area contributed by atoms with Crippen LogP contribution >= 0.6 is 27.5 Å². The molecule has 23 heavy (non-hydrogen) atoms. The Morgan fingerprint density at radius 3 is 2.48 bits per heavy atom. The smallest absolute Gasteiger partial charge is 0.260 e. The summed E-state index contributed by atoms with van der Waals surface area (Å²) in [5.74, 6) is -0.290. The Bertz CT molecular complexity index is 862. The first-order chi connectivity index (χ1) is 11.1. The van der Waals surface area contributed by atoms with Gasteiger partial charge in [0.15, 0.2) is 0 Å². The number of para-hydroxylation sites is 2. The molecule has 116 valence electrons. The van der Waals surface area contributed by atoms with E-state index in [9.17, 15) is 4.79 Å². The van der Waals surface area contributed by atoms with E-state index < -0.39 is 0 Å². The van der Waals surface area contributed by atoms with Crippen molar-refractivity contribution in [1.82, 2.24) is 9.78 Å². The van der Waals surface area contributed by atoms with Crippen molar-refractivity contribution in [3.8, 4) is 5.69 Å². The first kappa shape index (κ1) is 15.8. The summed E-state index contributed by atoms with van der Waals surface area (Å²) in [4.78, 5) is 12.6. The van der Waals surface area contributed by atoms with E-state index in [1.807, 2.05) is 54.6 Å². The van der Waals surface area contributed by atoms with Crippen LogP contribution in [0.2, 0.25) is 5.15 Å². The maximum atomic E-state index is 12.6. The maximum absolute atomic E-state index is 12.6. The Balaban J connectivity index is 1.96. The number of hydrogen-bond acceptors (Lipinski definition) is 2. The average molecular weight is 391 g/mol. The van der Waals surface area contributed by atoms with Gasteiger partial charge in [0.1, 0.15) is 10.7 Å². The minimum absolute atomic E-state index is 0.290.